The zero-order valence-corrected chi connectivity index (χ0v) is 39.3. The van der Waals surface area contributed by atoms with Crippen molar-refractivity contribution in [3.63, 3.8) is 0 Å². The summed E-state index contributed by atoms with van der Waals surface area (Å²) < 4.78 is 66.4. The highest BCUT2D eigenvalue weighted by Crippen LogP contribution is 2.26. The van der Waals surface area contributed by atoms with Gasteiger partial charge in [-0.3, -0.25) is 38.5 Å². The number of nitrogen functional groups attached to an aromatic ring is 1. The van der Waals surface area contributed by atoms with Crippen LogP contribution in [0.25, 0.3) is 22.3 Å². The van der Waals surface area contributed by atoms with Crippen LogP contribution >= 0.6 is 0 Å². The smallest absolute Gasteiger partial charge is 0.307 e. The van der Waals surface area contributed by atoms with E-state index in [-0.39, 0.29) is 55.7 Å². The number of amides is 2. The van der Waals surface area contributed by atoms with Crippen LogP contribution in [0.15, 0.2) is 122 Å². The van der Waals surface area contributed by atoms with Gasteiger partial charge in [0.2, 0.25) is 11.8 Å². The zero-order valence-electron chi connectivity index (χ0n) is 40.3. The fraction of sp³-hybridized carbons (Fsp3) is 0.321. The molecule has 8 rings (SSSR count). The molecule has 0 spiro atoms. The number of carboxylic acid groups (broad SMARTS) is 1. The fourth-order valence-electron chi connectivity index (χ4n) is 7.64. The summed E-state index contributed by atoms with van der Waals surface area (Å²) in [4.78, 5) is 69.6. The van der Waals surface area contributed by atoms with Gasteiger partial charge in [-0.1, -0.05) is 56.0 Å². The summed E-state index contributed by atoms with van der Waals surface area (Å²) in [6.45, 7) is 9.38. The summed E-state index contributed by atoms with van der Waals surface area (Å²) >= 11 is 0. The van der Waals surface area contributed by atoms with Gasteiger partial charge in [-0.25, -0.2) is 22.5 Å². The van der Waals surface area contributed by atoms with Crippen molar-refractivity contribution >= 4 is 40.8 Å². The number of ketones is 1. The van der Waals surface area contributed by atoms with Crippen molar-refractivity contribution in [2.24, 2.45) is 0 Å². The molecule has 14 nitrogen and oxygen atoms in total. The van der Waals surface area contributed by atoms with E-state index in [0.29, 0.717) is 41.3 Å². The first kappa shape index (κ1) is 55.1. The van der Waals surface area contributed by atoms with Gasteiger partial charge in [0, 0.05) is 97.1 Å². The molecule has 2 fully saturated rings. The lowest BCUT2D eigenvalue weighted by atomic mass is 10.0. The number of Topliss-reactive ketones (excluding diaryl/α,β-unsaturated/α-hetero) is 1. The van der Waals surface area contributed by atoms with E-state index in [2.05, 4.69) is 29.7 Å². The number of aromatic nitrogens is 4. The van der Waals surface area contributed by atoms with E-state index in [1.807, 2.05) is 52.3 Å². The maximum absolute atomic E-state index is 12.9. The number of carbonyl (C=O) groups excluding carboxylic acids is 3. The van der Waals surface area contributed by atoms with Crippen LogP contribution < -0.4 is 15.5 Å². The molecular formula is C53H60F5N9O5. The Morgan fingerprint density at radius 2 is 1.00 bits per heavy atom. The Labute approximate surface area is 417 Å². The van der Waals surface area contributed by atoms with E-state index in [1.54, 1.807) is 68.7 Å². The molecule has 382 valence electrons. The predicted octanol–water partition coefficient (Wildman–Crippen LogP) is 8.97. The number of benzene rings is 2. The van der Waals surface area contributed by atoms with E-state index < -0.39 is 26.0 Å². The second kappa shape index (κ2) is 28.1. The minimum atomic E-state index is -2.61. The van der Waals surface area contributed by atoms with Crippen molar-refractivity contribution < 1.29 is 47.6 Å². The van der Waals surface area contributed by atoms with Crippen LogP contribution in [0, 0.1) is 0 Å². The van der Waals surface area contributed by atoms with Gasteiger partial charge in [0.25, 0.3) is 12.9 Å². The summed E-state index contributed by atoms with van der Waals surface area (Å²) in [6.07, 6.45) is 1.50. The molecule has 19 heteroatoms. The molecule has 72 heavy (non-hydrogen) atoms. The number of halogens is 5. The average molecular weight is 999 g/mol. The van der Waals surface area contributed by atoms with Crippen LogP contribution in [0.4, 0.5) is 39.1 Å². The van der Waals surface area contributed by atoms with Gasteiger partial charge < -0.3 is 30.4 Å². The van der Waals surface area contributed by atoms with E-state index in [4.69, 9.17) is 12.2 Å². The van der Waals surface area contributed by atoms with Gasteiger partial charge >= 0.3 is 5.97 Å². The van der Waals surface area contributed by atoms with Crippen molar-refractivity contribution in [3.05, 3.63) is 150 Å². The third-order valence-corrected chi connectivity index (χ3v) is 11.5. The number of nitrogens with two attached hydrogens (primary N) is 1. The van der Waals surface area contributed by atoms with Crippen molar-refractivity contribution in [2.75, 3.05) is 75.0 Å². The lowest BCUT2D eigenvalue weighted by molar-refractivity contribution is -0.136. The van der Waals surface area contributed by atoms with Crippen LogP contribution in [0.5, 0.6) is 0 Å². The molecule has 0 radical (unpaired) electrons. The van der Waals surface area contributed by atoms with E-state index >= 15 is 0 Å². The van der Waals surface area contributed by atoms with E-state index in [0.717, 1.165) is 67.3 Å². The second-order valence-electron chi connectivity index (χ2n) is 16.3. The van der Waals surface area contributed by atoms with E-state index in [1.165, 1.54) is 24.5 Å². The highest BCUT2D eigenvalue weighted by molar-refractivity contribution is 5.83. The van der Waals surface area contributed by atoms with Crippen LogP contribution in [0.2, 0.25) is 0 Å². The molecule has 6 heterocycles. The third-order valence-electron chi connectivity index (χ3n) is 11.5. The van der Waals surface area contributed by atoms with Crippen molar-refractivity contribution in [1.82, 2.24) is 29.7 Å². The largest absolute Gasteiger partial charge is 0.481 e. The molecule has 0 atom stereocenters. The first-order valence-electron chi connectivity index (χ1n) is 23.2. The highest BCUT2D eigenvalue weighted by atomic mass is 19.3. The molecule has 4 aromatic heterocycles. The van der Waals surface area contributed by atoms with Crippen LogP contribution in [-0.2, 0) is 38.4 Å². The monoisotopic (exact) mass is 998 g/mol. The first-order chi connectivity index (χ1) is 34.5. The van der Waals surface area contributed by atoms with Crippen molar-refractivity contribution in [2.45, 2.75) is 53.4 Å². The summed E-state index contributed by atoms with van der Waals surface area (Å²) in [5.74, 6) is -0.0793. The number of pyridine rings is 4. The van der Waals surface area contributed by atoms with Crippen molar-refractivity contribution in [1.29, 1.82) is 0 Å². The summed E-state index contributed by atoms with van der Waals surface area (Å²) in [5.41, 5.74) is 12.1. The number of alkyl halides is 5. The van der Waals surface area contributed by atoms with Gasteiger partial charge in [-0.2, -0.15) is 0 Å². The summed E-state index contributed by atoms with van der Waals surface area (Å²) in [6, 6.07) is 27.7. The van der Waals surface area contributed by atoms with Crippen molar-refractivity contribution in [3.8, 4) is 22.3 Å². The molecule has 2 aromatic carbocycles. The average Bonchev–Trinajstić information content (AvgIpc) is 3.38. The summed E-state index contributed by atoms with van der Waals surface area (Å²) in [7, 11) is -1.00. The fourth-order valence-corrected chi connectivity index (χ4v) is 7.64. The number of hydrogen-bond donors (Lipinski definition) is 2. The van der Waals surface area contributed by atoms with Crippen LogP contribution in [-0.4, -0.2) is 118 Å². The number of anilines is 3. The lowest BCUT2D eigenvalue weighted by Gasteiger charge is -2.35. The Morgan fingerprint density at radius 1 is 0.583 bits per heavy atom. The quantitative estimate of drug-likeness (QED) is 0.111. The lowest BCUT2D eigenvalue weighted by Crippen LogP contribution is -2.48. The number of carboxylic acids is 1. The molecule has 0 unspecified atom stereocenters. The molecule has 2 saturated heterocycles. The number of aliphatic carboxylic acids is 1. The normalized spacial score (nSPS) is 13.3. The molecular weight excluding hydrogens is 938 g/mol. The second-order valence-corrected chi connectivity index (χ2v) is 16.3. The molecule has 6 aromatic rings. The standard InChI is InChI=1S/C26H26F2N4O2.C14H11F2NO2.C11H16N4O.CH3F.CH4/c1-18(33)31-10-12-32(13-11-31)23-7-6-22(30-17-23)16-24(34)14-19-2-4-20(5-3-19)21-8-9-29-25(15-21)26(27)28;15-14(16)12-8-11(5-6-17-12)10-3-1-9(2-4-10)7-13(18)19;1-9(16)14-4-6-15(7-5-14)10-2-3-11(12)13-8-10;1-2;/h2-9,15,17,26H,10-14,16H2,1H3;1-6,8,14H,7H2,(H,18,19);2-3,8H,4-7H2,1H3,(H2,12,13);1H3;1H4/i;;;1D;. The minimum absolute atomic E-state index is 0. The van der Waals surface area contributed by atoms with Gasteiger partial charge in [0.05, 0.1) is 38.7 Å². The molecule has 2 aliphatic rings. The number of carbonyl (C=O) groups is 4. The molecule has 0 saturated carbocycles. The number of hydrogen-bond acceptors (Lipinski definition) is 11. The first-order valence-corrected chi connectivity index (χ1v) is 22.5. The number of piperazine rings is 2. The van der Waals surface area contributed by atoms with Gasteiger partial charge in [0.1, 0.15) is 23.0 Å². The highest BCUT2D eigenvalue weighted by Gasteiger charge is 2.21. The zero-order chi connectivity index (χ0) is 52.2. The third kappa shape index (κ3) is 17.2. The topological polar surface area (TPSA) is 179 Å². The Morgan fingerprint density at radius 3 is 1.36 bits per heavy atom. The SMILES string of the molecule is C.CC(=O)N1CCN(c2ccc(CC(=O)Cc3ccc(-c4ccnc(C(F)F)c4)cc3)nc2)CC1.CC(=O)N1CCN(c2ccc(N)nc2)CC1.O=C(O)Cc1ccc(-c2ccnc(C(F)F)c2)cc1.[2H]CF. The molecule has 0 aliphatic carbocycles. The molecule has 0 bridgehead atoms. The predicted molar refractivity (Wildman–Crippen MR) is 269 cm³/mol. The Bertz CT molecular complexity index is 2670. The molecule has 2 amide bonds. The minimum Gasteiger partial charge on any atom is -0.481 e. The summed E-state index contributed by atoms with van der Waals surface area (Å²) in [5, 5.41) is 8.66. The van der Waals surface area contributed by atoms with Gasteiger partial charge in [-0.15, -0.1) is 0 Å². The van der Waals surface area contributed by atoms with Crippen LogP contribution in [0.3, 0.4) is 0 Å². The Balaban J connectivity index is 0.000000250. The van der Waals surface area contributed by atoms with Gasteiger partial charge in [0.15, 0.2) is 0 Å². The van der Waals surface area contributed by atoms with Crippen LogP contribution in [0.1, 0.15) is 63.7 Å². The molecule has 3 N–H and O–H groups in total. The number of rotatable bonds is 12. The number of nitrogens with zero attached hydrogens (tertiary/aromatic N) is 8. The van der Waals surface area contributed by atoms with Gasteiger partial charge in [-0.05, 0) is 81.9 Å². The maximum atomic E-state index is 12.9. The Hall–Kier alpha value is -7.83. The molecule has 2 aliphatic heterocycles. The van der Waals surface area contributed by atoms with E-state index in [9.17, 15) is 41.1 Å². The maximum Gasteiger partial charge on any atom is 0.307 e. The Kier molecular flexibility index (Phi) is 21.5.